The molecule has 0 bridgehead atoms. The zero-order valence-electron chi connectivity index (χ0n) is 14.3. The topological polar surface area (TPSA) is 106 Å². The zero-order valence-corrected chi connectivity index (χ0v) is 15.1. The average molecular weight is 376 g/mol. The van der Waals surface area contributed by atoms with Crippen LogP contribution >= 0.6 is 11.3 Å². The first-order valence-electron chi connectivity index (χ1n) is 8.62. The molecule has 3 aliphatic heterocycles. The first-order valence-corrected chi connectivity index (χ1v) is 9.50. The average Bonchev–Trinajstić information content (AvgIpc) is 3.30. The molecule has 0 aromatic carbocycles. The molecule has 138 valence electrons. The van der Waals surface area contributed by atoms with E-state index in [4.69, 9.17) is 0 Å². The Morgan fingerprint density at radius 3 is 3.00 bits per heavy atom. The van der Waals surface area contributed by atoms with Crippen LogP contribution in [0.1, 0.15) is 19.8 Å². The number of carbonyl (C=O) groups is 2. The molecule has 1 aromatic heterocycles. The van der Waals surface area contributed by atoms with Gasteiger partial charge in [0.2, 0.25) is 11.0 Å². The molecule has 4 rings (SSSR count). The second kappa shape index (κ2) is 6.48. The minimum Gasteiger partial charge on any atom is -0.477 e. The second-order valence-corrected chi connectivity index (χ2v) is 7.84. The van der Waals surface area contributed by atoms with Crippen LogP contribution in [0.2, 0.25) is 0 Å². The van der Waals surface area contributed by atoms with Crippen molar-refractivity contribution in [1.29, 1.82) is 0 Å². The number of β-lactam (4-membered cyclic amide) rings is 1. The van der Waals surface area contributed by atoms with E-state index in [9.17, 15) is 19.8 Å². The monoisotopic (exact) mass is 376 g/mol. The van der Waals surface area contributed by atoms with Crippen molar-refractivity contribution < 1.29 is 19.8 Å². The molecular weight excluding hydrogens is 356 g/mol. The predicted octanol–water partition coefficient (Wildman–Crippen LogP) is 1.07. The third-order valence-electron chi connectivity index (χ3n) is 5.43. The maximum atomic E-state index is 12.3. The van der Waals surface area contributed by atoms with Crippen LogP contribution in [0, 0.1) is 11.8 Å². The lowest BCUT2D eigenvalue weighted by Crippen LogP contribution is -2.61. The maximum Gasteiger partial charge on any atom is 0.352 e. The largest absolute Gasteiger partial charge is 0.477 e. The van der Waals surface area contributed by atoms with Gasteiger partial charge in [-0.1, -0.05) is 0 Å². The summed E-state index contributed by atoms with van der Waals surface area (Å²) in [4.78, 5) is 35.9. The summed E-state index contributed by atoms with van der Waals surface area (Å²) in [5.41, 5.74) is 0.949. The molecule has 0 unspecified atom stereocenters. The number of carboxylic acids is 1. The van der Waals surface area contributed by atoms with Crippen LogP contribution in [0.4, 0.5) is 5.13 Å². The van der Waals surface area contributed by atoms with Crippen molar-refractivity contribution in [2.24, 2.45) is 16.8 Å². The summed E-state index contributed by atoms with van der Waals surface area (Å²) in [6.07, 6.45) is 4.05. The Morgan fingerprint density at radius 2 is 2.35 bits per heavy atom. The van der Waals surface area contributed by atoms with Crippen LogP contribution in [-0.2, 0) is 9.59 Å². The van der Waals surface area contributed by atoms with Gasteiger partial charge in [-0.2, -0.15) is 0 Å². The predicted molar refractivity (Wildman–Crippen MR) is 95.0 cm³/mol. The molecule has 2 saturated heterocycles. The van der Waals surface area contributed by atoms with Gasteiger partial charge in [-0.05, 0) is 25.3 Å². The minimum absolute atomic E-state index is 0.0805. The Hall–Kier alpha value is -2.26. The highest BCUT2D eigenvalue weighted by atomic mass is 32.1. The van der Waals surface area contributed by atoms with E-state index in [0.29, 0.717) is 18.1 Å². The van der Waals surface area contributed by atoms with Crippen molar-refractivity contribution in [3.8, 4) is 0 Å². The number of nitrogens with zero attached hydrogens (tertiary/aromatic N) is 4. The molecule has 8 nitrogen and oxygen atoms in total. The molecule has 0 aliphatic carbocycles. The van der Waals surface area contributed by atoms with E-state index in [2.05, 4.69) is 14.9 Å². The molecule has 2 fully saturated rings. The van der Waals surface area contributed by atoms with Gasteiger partial charge >= 0.3 is 5.97 Å². The Balaban J connectivity index is 1.50. The third-order valence-corrected chi connectivity index (χ3v) is 6.11. The van der Waals surface area contributed by atoms with Crippen LogP contribution in [0.3, 0.4) is 0 Å². The van der Waals surface area contributed by atoms with E-state index in [1.807, 2.05) is 5.38 Å². The van der Waals surface area contributed by atoms with Crippen molar-refractivity contribution in [2.45, 2.75) is 31.9 Å². The highest BCUT2D eigenvalue weighted by Gasteiger charge is 2.57. The number of aromatic nitrogens is 1. The molecule has 2 N–H and O–H groups in total. The SMILES string of the molecule is C[C@@H](O)[C@H]1C(=O)N2C(C(=O)O)=C([C@@H]3CCN(C=Nc4nccs4)C3)C[C@H]12. The lowest BCUT2D eigenvalue weighted by atomic mass is 9.82. The smallest absolute Gasteiger partial charge is 0.352 e. The number of aliphatic imine (C=N–C) groups is 1. The quantitative estimate of drug-likeness (QED) is 0.452. The first-order chi connectivity index (χ1) is 12.5. The van der Waals surface area contributed by atoms with Gasteiger partial charge in [-0.3, -0.25) is 4.79 Å². The third kappa shape index (κ3) is 2.71. The Kier molecular flexibility index (Phi) is 4.28. The number of hydrogen-bond acceptors (Lipinski definition) is 6. The molecule has 0 spiro atoms. The summed E-state index contributed by atoms with van der Waals surface area (Å²) in [6, 6.07) is -0.221. The fourth-order valence-corrected chi connectivity index (χ4v) is 4.73. The molecule has 9 heteroatoms. The number of thiazole rings is 1. The number of aliphatic carboxylic acids is 1. The Bertz CT molecular complexity index is 789. The number of aliphatic hydroxyl groups excluding tert-OH is 1. The molecule has 1 aromatic rings. The summed E-state index contributed by atoms with van der Waals surface area (Å²) in [7, 11) is 0. The van der Waals surface area contributed by atoms with Gasteiger partial charge in [0.1, 0.15) is 5.70 Å². The van der Waals surface area contributed by atoms with Crippen molar-refractivity contribution in [3.05, 3.63) is 22.8 Å². The van der Waals surface area contributed by atoms with Crippen molar-refractivity contribution in [1.82, 2.24) is 14.8 Å². The first kappa shape index (κ1) is 17.2. The molecule has 3 aliphatic rings. The van der Waals surface area contributed by atoms with E-state index < -0.39 is 18.0 Å². The summed E-state index contributed by atoms with van der Waals surface area (Å²) >= 11 is 1.46. The number of likely N-dealkylation sites (tertiary alicyclic amines) is 1. The summed E-state index contributed by atoms with van der Waals surface area (Å²) < 4.78 is 0. The lowest BCUT2D eigenvalue weighted by molar-refractivity contribution is -0.161. The fraction of sp³-hybridized carbons (Fsp3) is 0.529. The normalized spacial score (nSPS) is 29.5. The minimum atomic E-state index is -1.06. The van der Waals surface area contributed by atoms with Crippen molar-refractivity contribution in [2.75, 3.05) is 13.1 Å². The van der Waals surface area contributed by atoms with E-state index in [0.717, 1.165) is 18.5 Å². The van der Waals surface area contributed by atoms with Crippen molar-refractivity contribution in [3.63, 3.8) is 0 Å². The molecule has 4 atom stereocenters. The van der Waals surface area contributed by atoms with Gasteiger partial charge in [0.25, 0.3) is 0 Å². The van der Waals surface area contributed by atoms with Crippen molar-refractivity contribution >= 4 is 34.7 Å². The van der Waals surface area contributed by atoms with Gasteiger partial charge in [0, 0.05) is 30.6 Å². The number of amides is 1. The van der Waals surface area contributed by atoms with Gasteiger partial charge in [0.15, 0.2) is 0 Å². The molecule has 4 heterocycles. The Labute approximate surface area is 154 Å². The Morgan fingerprint density at radius 1 is 1.54 bits per heavy atom. The summed E-state index contributed by atoms with van der Waals surface area (Å²) in [6.45, 7) is 3.05. The highest BCUT2D eigenvalue weighted by Crippen LogP contribution is 2.47. The van der Waals surface area contributed by atoms with Crippen LogP contribution in [0.15, 0.2) is 27.8 Å². The van der Waals surface area contributed by atoms with Gasteiger partial charge in [0.05, 0.1) is 24.4 Å². The molecule has 1 amide bonds. The number of fused-ring (bicyclic) bond motifs is 1. The number of hydrogen-bond donors (Lipinski definition) is 2. The molecule has 0 radical (unpaired) electrons. The van der Waals surface area contributed by atoms with Crippen LogP contribution in [0.5, 0.6) is 0 Å². The van der Waals surface area contributed by atoms with Gasteiger partial charge in [-0.25, -0.2) is 14.8 Å². The molecular formula is C17H20N4O4S. The second-order valence-electron chi connectivity index (χ2n) is 6.96. The molecule has 0 saturated carbocycles. The summed E-state index contributed by atoms with van der Waals surface area (Å²) in [5, 5.41) is 22.0. The fourth-order valence-electron chi connectivity index (χ4n) is 4.25. The number of carbonyl (C=O) groups excluding carboxylic acids is 1. The van der Waals surface area contributed by atoms with E-state index in [1.165, 1.54) is 16.2 Å². The molecule has 26 heavy (non-hydrogen) atoms. The van der Waals surface area contributed by atoms with E-state index in [1.54, 1.807) is 19.5 Å². The highest BCUT2D eigenvalue weighted by molar-refractivity contribution is 7.13. The van der Waals surface area contributed by atoms with Gasteiger partial charge < -0.3 is 20.0 Å². The standard InChI is InChI=1S/C17H20N4O4S/c1-9(22)13-12-6-11(14(16(24)25)21(12)15(13)23)10-2-4-20(7-10)8-19-17-18-3-5-26-17/h3,5,8-10,12-13,22H,2,4,6-7H2,1H3,(H,24,25)/t9-,10-,12-,13-/m1/s1. The zero-order chi connectivity index (χ0) is 18.4. The van der Waals surface area contributed by atoms with E-state index in [-0.39, 0.29) is 23.6 Å². The van der Waals surface area contributed by atoms with Gasteiger partial charge in [-0.15, -0.1) is 11.3 Å². The maximum absolute atomic E-state index is 12.3. The number of rotatable bonds is 5. The van der Waals surface area contributed by atoms with Crippen LogP contribution in [0.25, 0.3) is 0 Å². The van der Waals surface area contributed by atoms with Crippen LogP contribution in [-0.4, -0.2) is 68.4 Å². The summed E-state index contributed by atoms with van der Waals surface area (Å²) in [5.74, 6) is -1.75. The number of aliphatic hydroxyl groups is 1. The van der Waals surface area contributed by atoms with Crippen LogP contribution < -0.4 is 0 Å². The number of carboxylic acid groups (broad SMARTS) is 1. The van der Waals surface area contributed by atoms with E-state index >= 15 is 0 Å². The lowest BCUT2D eigenvalue weighted by Gasteiger charge is -2.44.